The molecule has 0 atom stereocenters. The molecule has 1 aromatic heterocycles. The molecular formula is C29H31N3O3. The Kier molecular flexibility index (Phi) is 7.20. The summed E-state index contributed by atoms with van der Waals surface area (Å²) in [5.74, 6) is 0.578. The standard InChI is InChI=1S/C29H31N3O3/c1-19-8-7-9-22(14-19)12-13-32(29(34)31-25-10-5-6-11-27(25)35-4)18-24-17-23-15-20(2)21(3)16-26(23)30-28(24)33/h5-11,14-17H,12-13,18H2,1-4H3,(H,30,33)(H,31,34). The fourth-order valence-corrected chi connectivity index (χ4v) is 4.17. The van der Waals surface area contributed by atoms with Crippen molar-refractivity contribution in [1.82, 2.24) is 9.88 Å². The molecule has 6 nitrogen and oxygen atoms in total. The van der Waals surface area contributed by atoms with Gasteiger partial charge in [0.05, 0.1) is 19.3 Å². The summed E-state index contributed by atoms with van der Waals surface area (Å²) in [5.41, 5.74) is 6.32. The van der Waals surface area contributed by atoms with Crippen molar-refractivity contribution in [1.29, 1.82) is 0 Å². The Morgan fingerprint density at radius 3 is 2.51 bits per heavy atom. The van der Waals surface area contributed by atoms with Gasteiger partial charge in [-0.2, -0.15) is 0 Å². The summed E-state index contributed by atoms with van der Waals surface area (Å²) in [4.78, 5) is 31.0. The second kappa shape index (κ2) is 10.5. The quantitative estimate of drug-likeness (QED) is 0.363. The number of amides is 2. The van der Waals surface area contributed by atoms with E-state index in [1.54, 1.807) is 24.1 Å². The lowest BCUT2D eigenvalue weighted by atomic mass is 10.0. The summed E-state index contributed by atoms with van der Waals surface area (Å²) < 4.78 is 5.39. The summed E-state index contributed by atoms with van der Waals surface area (Å²) in [7, 11) is 1.57. The molecule has 3 aromatic carbocycles. The predicted octanol–water partition coefficient (Wildman–Crippen LogP) is 5.74. The highest BCUT2D eigenvalue weighted by molar-refractivity contribution is 5.91. The smallest absolute Gasteiger partial charge is 0.322 e. The first-order chi connectivity index (χ1) is 16.8. The Bertz CT molecular complexity index is 1420. The highest BCUT2D eigenvalue weighted by atomic mass is 16.5. The third-order valence-electron chi connectivity index (χ3n) is 6.29. The number of hydrogen-bond donors (Lipinski definition) is 2. The summed E-state index contributed by atoms with van der Waals surface area (Å²) in [6.07, 6.45) is 0.671. The number of pyridine rings is 1. The molecule has 35 heavy (non-hydrogen) atoms. The lowest BCUT2D eigenvalue weighted by molar-refractivity contribution is 0.209. The van der Waals surface area contributed by atoms with Gasteiger partial charge in [-0.25, -0.2) is 4.79 Å². The van der Waals surface area contributed by atoms with Crippen LogP contribution in [0.4, 0.5) is 10.5 Å². The topological polar surface area (TPSA) is 74.4 Å². The van der Waals surface area contributed by atoms with E-state index in [2.05, 4.69) is 28.5 Å². The normalized spacial score (nSPS) is 10.9. The molecule has 4 rings (SSSR count). The number of fused-ring (bicyclic) bond motifs is 1. The monoisotopic (exact) mass is 469 g/mol. The first kappa shape index (κ1) is 24.1. The second-order valence-electron chi connectivity index (χ2n) is 8.94. The summed E-state index contributed by atoms with van der Waals surface area (Å²) >= 11 is 0. The molecule has 2 amide bonds. The summed E-state index contributed by atoms with van der Waals surface area (Å²) in [6, 6.07) is 21.2. The van der Waals surface area contributed by atoms with Crippen LogP contribution in [0.5, 0.6) is 5.75 Å². The van der Waals surface area contributed by atoms with E-state index in [9.17, 15) is 9.59 Å². The van der Waals surface area contributed by atoms with Crippen LogP contribution >= 0.6 is 0 Å². The first-order valence-electron chi connectivity index (χ1n) is 11.7. The van der Waals surface area contributed by atoms with Crippen molar-refractivity contribution in [2.24, 2.45) is 0 Å². The van der Waals surface area contributed by atoms with Gasteiger partial charge in [-0.05, 0) is 79.6 Å². The van der Waals surface area contributed by atoms with E-state index in [-0.39, 0.29) is 18.1 Å². The number of benzene rings is 3. The maximum Gasteiger partial charge on any atom is 0.322 e. The molecule has 0 bridgehead atoms. The molecule has 4 aromatic rings. The molecule has 0 saturated carbocycles. The van der Waals surface area contributed by atoms with E-state index in [1.807, 2.05) is 57.2 Å². The fraction of sp³-hybridized carbons (Fsp3) is 0.241. The molecule has 0 fully saturated rings. The van der Waals surface area contributed by atoms with Crippen LogP contribution in [-0.4, -0.2) is 29.6 Å². The van der Waals surface area contributed by atoms with Crippen LogP contribution in [0.2, 0.25) is 0 Å². The third-order valence-corrected chi connectivity index (χ3v) is 6.29. The van der Waals surface area contributed by atoms with Gasteiger partial charge >= 0.3 is 6.03 Å². The fourth-order valence-electron chi connectivity index (χ4n) is 4.17. The number of urea groups is 1. The van der Waals surface area contributed by atoms with E-state index in [4.69, 9.17) is 4.74 Å². The molecule has 0 aliphatic rings. The molecule has 0 radical (unpaired) electrons. The molecule has 0 spiro atoms. The summed E-state index contributed by atoms with van der Waals surface area (Å²) in [5, 5.41) is 3.90. The van der Waals surface area contributed by atoms with Crippen molar-refractivity contribution >= 4 is 22.6 Å². The van der Waals surface area contributed by atoms with Crippen LogP contribution in [0.3, 0.4) is 0 Å². The number of methoxy groups -OCH3 is 1. The number of carbonyl (C=O) groups excluding carboxylic acids is 1. The number of nitrogens with one attached hydrogen (secondary N) is 2. The molecule has 0 aliphatic carbocycles. The van der Waals surface area contributed by atoms with Gasteiger partial charge in [0.1, 0.15) is 5.75 Å². The average Bonchev–Trinajstić information content (AvgIpc) is 2.83. The van der Waals surface area contributed by atoms with Crippen molar-refractivity contribution in [3.05, 3.63) is 105 Å². The number of ether oxygens (including phenoxy) is 1. The molecule has 0 aliphatic heterocycles. The molecule has 0 saturated heterocycles. The lowest BCUT2D eigenvalue weighted by Crippen LogP contribution is -2.37. The van der Waals surface area contributed by atoms with Crippen LogP contribution in [0.15, 0.2) is 71.5 Å². The van der Waals surface area contributed by atoms with Crippen molar-refractivity contribution < 1.29 is 9.53 Å². The molecule has 0 unspecified atom stereocenters. The third kappa shape index (κ3) is 5.72. The van der Waals surface area contributed by atoms with Crippen molar-refractivity contribution in [2.45, 2.75) is 33.7 Å². The number of H-pyrrole nitrogens is 1. The van der Waals surface area contributed by atoms with Crippen molar-refractivity contribution in [2.75, 3.05) is 19.0 Å². The van der Waals surface area contributed by atoms with E-state index in [0.29, 0.717) is 30.0 Å². The number of rotatable bonds is 7. The Balaban J connectivity index is 1.64. The summed E-state index contributed by atoms with van der Waals surface area (Å²) in [6.45, 7) is 6.76. The Labute approximate surface area is 205 Å². The number of para-hydroxylation sites is 2. The molecular weight excluding hydrogens is 438 g/mol. The number of aromatic amines is 1. The number of aromatic nitrogens is 1. The minimum absolute atomic E-state index is 0.186. The van der Waals surface area contributed by atoms with Gasteiger partial charge in [-0.15, -0.1) is 0 Å². The Morgan fingerprint density at radius 1 is 0.971 bits per heavy atom. The average molecular weight is 470 g/mol. The largest absolute Gasteiger partial charge is 0.495 e. The number of carbonyl (C=O) groups is 1. The molecule has 6 heteroatoms. The van der Waals surface area contributed by atoms with Crippen LogP contribution in [0, 0.1) is 20.8 Å². The zero-order chi connectivity index (χ0) is 24.9. The maximum absolute atomic E-state index is 13.4. The Morgan fingerprint density at radius 2 is 1.74 bits per heavy atom. The maximum atomic E-state index is 13.4. The zero-order valence-electron chi connectivity index (χ0n) is 20.6. The minimum Gasteiger partial charge on any atom is -0.495 e. The van der Waals surface area contributed by atoms with Gasteiger partial charge in [0.15, 0.2) is 0 Å². The number of anilines is 1. The zero-order valence-corrected chi connectivity index (χ0v) is 20.6. The minimum atomic E-state index is -0.290. The van der Waals surface area contributed by atoms with Crippen molar-refractivity contribution in [3.63, 3.8) is 0 Å². The van der Waals surface area contributed by atoms with E-state index in [1.165, 1.54) is 5.56 Å². The highest BCUT2D eigenvalue weighted by Crippen LogP contribution is 2.24. The van der Waals surface area contributed by atoms with E-state index in [0.717, 1.165) is 27.6 Å². The first-order valence-corrected chi connectivity index (χ1v) is 11.7. The van der Waals surface area contributed by atoms with Crippen LogP contribution < -0.4 is 15.6 Å². The number of aryl methyl sites for hydroxylation is 3. The Hall–Kier alpha value is -4.06. The second-order valence-corrected chi connectivity index (χ2v) is 8.94. The molecule has 180 valence electrons. The van der Waals surface area contributed by atoms with Gasteiger partial charge in [0.25, 0.3) is 5.56 Å². The van der Waals surface area contributed by atoms with Crippen LogP contribution in [0.1, 0.15) is 27.8 Å². The highest BCUT2D eigenvalue weighted by Gasteiger charge is 2.18. The van der Waals surface area contributed by atoms with Crippen LogP contribution in [0.25, 0.3) is 10.9 Å². The lowest BCUT2D eigenvalue weighted by Gasteiger charge is -2.24. The number of hydrogen-bond acceptors (Lipinski definition) is 3. The number of nitrogens with zero attached hydrogens (tertiary/aromatic N) is 1. The van der Waals surface area contributed by atoms with Crippen LogP contribution in [-0.2, 0) is 13.0 Å². The van der Waals surface area contributed by atoms with Gasteiger partial charge in [0.2, 0.25) is 0 Å². The molecule has 1 heterocycles. The van der Waals surface area contributed by atoms with Gasteiger partial charge < -0.3 is 19.9 Å². The SMILES string of the molecule is COc1ccccc1NC(=O)N(CCc1cccc(C)c1)Cc1cc2cc(C)c(C)cc2[nH]c1=O. The van der Waals surface area contributed by atoms with Gasteiger partial charge in [0, 0.05) is 17.6 Å². The predicted molar refractivity (Wildman–Crippen MR) is 141 cm³/mol. The van der Waals surface area contributed by atoms with Gasteiger partial charge in [-0.3, -0.25) is 4.79 Å². The van der Waals surface area contributed by atoms with Gasteiger partial charge in [-0.1, -0.05) is 42.0 Å². The van der Waals surface area contributed by atoms with E-state index >= 15 is 0 Å². The van der Waals surface area contributed by atoms with Crippen molar-refractivity contribution in [3.8, 4) is 5.75 Å². The molecule has 2 N–H and O–H groups in total. The van der Waals surface area contributed by atoms with E-state index < -0.39 is 0 Å².